The van der Waals surface area contributed by atoms with Crippen molar-refractivity contribution in [1.82, 2.24) is 4.72 Å². The molecule has 0 radical (unpaired) electrons. The molecule has 0 aliphatic heterocycles. The first kappa shape index (κ1) is 14.9. The number of sulfonamides is 1. The van der Waals surface area contributed by atoms with E-state index in [1.807, 2.05) is 0 Å². The molecule has 0 heterocycles. The number of hydrogen-bond acceptors (Lipinski definition) is 3. The number of carboxylic acids is 1. The highest BCUT2D eigenvalue weighted by Gasteiger charge is 2.33. The average molecular weight is 301 g/mol. The zero-order valence-corrected chi connectivity index (χ0v) is 11.6. The quantitative estimate of drug-likeness (QED) is 0.865. The fourth-order valence-corrected chi connectivity index (χ4v) is 3.67. The molecule has 0 saturated heterocycles. The molecule has 0 amide bonds. The summed E-state index contributed by atoms with van der Waals surface area (Å²) >= 11 is 0. The maximum absolute atomic E-state index is 13.0. The zero-order valence-electron chi connectivity index (χ0n) is 10.8. The monoisotopic (exact) mass is 301 g/mol. The Labute approximate surface area is 116 Å². The third-order valence-corrected chi connectivity index (χ3v) is 5.04. The van der Waals surface area contributed by atoms with Crippen molar-refractivity contribution in [3.05, 3.63) is 30.1 Å². The Hall–Kier alpha value is -1.47. The van der Waals surface area contributed by atoms with Crippen LogP contribution in [0.4, 0.5) is 4.39 Å². The third kappa shape index (κ3) is 3.34. The number of carbonyl (C=O) groups is 1. The van der Waals surface area contributed by atoms with Gasteiger partial charge < -0.3 is 5.11 Å². The van der Waals surface area contributed by atoms with Crippen LogP contribution in [0.2, 0.25) is 0 Å². The van der Waals surface area contributed by atoms with Crippen molar-refractivity contribution in [2.24, 2.45) is 11.8 Å². The molecule has 1 saturated carbocycles. The van der Waals surface area contributed by atoms with Crippen LogP contribution in [0.5, 0.6) is 0 Å². The fraction of sp³-hybridized carbons (Fsp3) is 0.462. The second-order valence-electron chi connectivity index (χ2n) is 4.94. The summed E-state index contributed by atoms with van der Waals surface area (Å²) in [4.78, 5) is 10.9. The van der Waals surface area contributed by atoms with Crippen molar-refractivity contribution in [1.29, 1.82) is 0 Å². The van der Waals surface area contributed by atoms with Gasteiger partial charge in [-0.3, -0.25) is 4.79 Å². The number of halogens is 1. The molecule has 1 aromatic carbocycles. The second-order valence-corrected chi connectivity index (χ2v) is 6.71. The summed E-state index contributed by atoms with van der Waals surface area (Å²) in [5.74, 6) is -2.24. The van der Waals surface area contributed by atoms with E-state index in [4.69, 9.17) is 5.11 Å². The van der Waals surface area contributed by atoms with E-state index >= 15 is 0 Å². The lowest BCUT2D eigenvalue weighted by atomic mass is 9.97. The maximum atomic E-state index is 13.0. The Kier molecular flexibility index (Phi) is 4.39. The van der Waals surface area contributed by atoms with Crippen molar-refractivity contribution in [2.45, 2.75) is 24.2 Å². The number of carboxylic acid groups (broad SMARTS) is 1. The SMILES string of the molecule is O=C(O)C1CCCC1CNS(=O)(=O)c1cccc(F)c1. The van der Waals surface area contributed by atoms with E-state index in [2.05, 4.69) is 4.72 Å². The van der Waals surface area contributed by atoms with E-state index in [9.17, 15) is 17.6 Å². The highest BCUT2D eigenvalue weighted by Crippen LogP contribution is 2.31. The van der Waals surface area contributed by atoms with E-state index in [1.54, 1.807) is 0 Å². The van der Waals surface area contributed by atoms with E-state index in [0.717, 1.165) is 18.6 Å². The molecule has 0 spiro atoms. The van der Waals surface area contributed by atoms with Crippen molar-refractivity contribution < 1.29 is 22.7 Å². The lowest BCUT2D eigenvalue weighted by molar-refractivity contribution is -0.142. The largest absolute Gasteiger partial charge is 0.481 e. The fourth-order valence-electron chi connectivity index (χ4n) is 2.54. The molecular weight excluding hydrogens is 285 g/mol. The van der Waals surface area contributed by atoms with Crippen LogP contribution in [0.15, 0.2) is 29.2 Å². The molecule has 5 nitrogen and oxygen atoms in total. The Morgan fingerprint density at radius 2 is 2.15 bits per heavy atom. The highest BCUT2D eigenvalue weighted by molar-refractivity contribution is 7.89. The van der Waals surface area contributed by atoms with E-state index in [0.29, 0.717) is 12.8 Å². The summed E-state index contributed by atoms with van der Waals surface area (Å²) in [6.45, 7) is 0.0653. The summed E-state index contributed by atoms with van der Waals surface area (Å²) in [5.41, 5.74) is 0. The summed E-state index contributed by atoms with van der Waals surface area (Å²) < 4.78 is 39.4. The van der Waals surface area contributed by atoms with Gasteiger partial charge in [-0.25, -0.2) is 17.5 Å². The van der Waals surface area contributed by atoms with Gasteiger partial charge in [0.1, 0.15) is 5.82 Å². The smallest absolute Gasteiger partial charge is 0.306 e. The number of aliphatic carboxylic acids is 1. The minimum atomic E-state index is -3.80. The van der Waals surface area contributed by atoms with Gasteiger partial charge in [-0.15, -0.1) is 0 Å². The number of nitrogens with one attached hydrogen (secondary N) is 1. The summed E-state index contributed by atoms with van der Waals surface area (Å²) in [7, 11) is -3.80. The molecule has 0 aromatic heterocycles. The molecule has 20 heavy (non-hydrogen) atoms. The number of hydrogen-bond donors (Lipinski definition) is 2. The van der Waals surface area contributed by atoms with Crippen LogP contribution < -0.4 is 4.72 Å². The van der Waals surface area contributed by atoms with E-state index in [-0.39, 0.29) is 17.4 Å². The van der Waals surface area contributed by atoms with Crippen LogP contribution in [0, 0.1) is 17.7 Å². The highest BCUT2D eigenvalue weighted by atomic mass is 32.2. The predicted octanol–water partition coefficient (Wildman–Crippen LogP) is 1.60. The van der Waals surface area contributed by atoms with Crippen molar-refractivity contribution in [3.63, 3.8) is 0 Å². The molecule has 1 aromatic rings. The summed E-state index contributed by atoms with van der Waals surface area (Å²) in [6.07, 6.45) is 2.04. The second kappa shape index (κ2) is 5.88. The number of rotatable bonds is 5. The zero-order chi connectivity index (χ0) is 14.8. The minimum Gasteiger partial charge on any atom is -0.481 e. The molecule has 2 N–H and O–H groups in total. The lowest BCUT2D eigenvalue weighted by Gasteiger charge is -2.16. The molecule has 2 rings (SSSR count). The maximum Gasteiger partial charge on any atom is 0.306 e. The summed E-state index contributed by atoms with van der Waals surface area (Å²) in [6, 6.07) is 4.72. The standard InChI is InChI=1S/C13H16FNO4S/c14-10-4-2-5-11(7-10)20(18,19)15-8-9-3-1-6-12(9)13(16)17/h2,4-5,7,9,12,15H,1,3,6,8H2,(H,16,17). The molecule has 110 valence electrons. The molecule has 1 aliphatic carbocycles. The Bertz CT molecular complexity index is 602. The lowest BCUT2D eigenvalue weighted by Crippen LogP contribution is -2.33. The average Bonchev–Trinajstić information content (AvgIpc) is 2.85. The van der Waals surface area contributed by atoms with Crippen LogP contribution in [0.1, 0.15) is 19.3 Å². The van der Waals surface area contributed by atoms with Crippen molar-refractivity contribution in [3.8, 4) is 0 Å². The van der Waals surface area contributed by atoms with Crippen LogP contribution in [0.25, 0.3) is 0 Å². The molecular formula is C13H16FNO4S. The molecule has 1 aliphatic rings. The van der Waals surface area contributed by atoms with Gasteiger partial charge in [0.15, 0.2) is 0 Å². The molecule has 0 bridgehead atoms. The van der Waals surface area contributed by atoms with Crippen molar-refractivity contribution in [2.75, 3.05) is 6.54 Å². The minimum absolute atomic E-state index is 0.0653. The Morgan fingerprint density at radius 1 is 1.40 bits per heavy atom. The number of benzene rings is 1. The van der Waals surface area contributed by atoms with E-state index in [1.165, 1.54) is 12.1 Å². The van der Waals surface area contributed by atoms with Gasteiger partial charge in [-0.2, -0.15) is 0 Å². The van der Waals surface area contributed by atoms with Gasteiger partial charge >= 0.3 is 5.97 Å². The van der Waals surface area contributed by atoms with Crippen LogP contribution in [0.3, 0.4) is 0 Å². The van der Waals surface area contributed by atoms with Gasteiger partial charge in [0.25, 0.3) is 0 Å². The third-order valence-electron chi connectivity index (χ3n) is 3.62. The predicted molar refractivity (Wildman–Crippen MR) is 70.1 cm³/mol. The molecule has 1 fully saturated rings. The normalized spacial score (nSPS) is 22.9. The first-order chi connectivity index (χ1) is 9.40. The van der Waals surface area contributed by atoms with E-state index < -0.39 is 27.7 Å². The van der Waals surface area contributed by atoms with Crippen LogP contribution in [-0.4, -0.2) is 26.0 Å². The molecule has 7 heteroatoms. The van der Waals surface area contributed by atoms with Crippen molar-refractivity contribution >= 4 is 16.0 Å². The topological polar surface area (TPSA) is 83.5 Å². The van der Waals surface area contributed by atoms with Gasteiger partial charge in [-0.1, -0.05) is 12.5 Å². The Balaban J connectivity index is 2.04. The van der Waals surface area contributed by atoms with Gasteiger partial charge in [0.2, 0.25) is 10.0 Å². The van der Waals surface area contributed by atoms with Gasteiger partial charge in [0.05, 0.1) is 10.8 Å². The van der Waals surface area contributed by atoms with Gasteiger partial charge in [-0.05, 0) is 37.0 Å². The van der Waals surface area contributed by atoms with Crippen LogP contribution in [-0.2, 0) is 14.8 Å². The van der Waals surface area contributed by atoms with Crippen LogP contribution >= 0.6 is 0 Å². The summed E-state index contributed by atoms with van der Waals surface area (Å²) in [5, 5.41) is 9.04. The first-order valence-corrected chi connectivity index (χ1v) is 7.86. The first-order valence-electron chi connectivity index (χ1n) is 6.38. The molecule has 2 atom stereocenters. The van der Waals surface area contributed by atoms with Gasteiger partial charge in [0, 0.05) is 6.54 Å². The Morgan fingerprint density at radius 3 is 2.80 bits per heavy atom. The molecule has 2 unspecified atom stereocenters.